The number of nitrogens with one attached hydrogen (secondary N) is 2. The number of benzene rings is 2. The zero-order valence-electron chi connectivity index (χ0n) is 14.9. The van der Waals surface area contributed by atoms with Gasteiger partial charge in [-0.25, -0.2) is 8.42 Å². The number of anilines is 2. The zero-order valence-corrected chi connectivity index (χ0v) is 16.5. The number of halogens is 1. The standard InChI is InChI=1S/C20H21ClN2O3S/c1-14-6-9-18(22-20(24)12-15-4-2-3-5-15)13-19(14)27(25,26)23-17-10-7-16(21)8-11-17/h2,4,6-11,13,15,23H,3,5,12H2,1H3,(H,22,24)/t15-/m0/s1. The van der Waals surface area contributed by atoms with Crippen molar-refractivity contribution >= 4 is 38.9 Å². The third-order valence-corrected chi connectivity index (χ3v) is 6.19. The second-order valence-corrected chi connectivity index (χ2v) is 8.70. The van der Waals surface area contributed by atoms with Crippen LogP contribution >= 0.6 is 11.6 Å². The average molecular weight is 405 g/mol. The molecule has 1 aliphatic carbocycles. The van der Waals surface area contributed by atoms with Crippen LogP contribution < -0.4 is 10.0 Å². The highest BCUT2D eigenvalue weighted by Gasteiger charge is 2.19. The first-order valence-corrected chi connectivity index (χ1v) is 10.6. The number of carbonyl (C=O) groups is 1. The molecule has 0 radical (unpaired) electrons. The molecule has 7 heteroatoms. The fourth-order valence-corrected chi connectivity index (χ4v) is 4.47. The van der Waals surface area contributed by atoms with Crippen molar-refractivity contribution in [2.75, 3.05) is 10.0 Å². The first-order valence-electron chi connectivity index (χ1n) is 8.69. The van der Waals surface area contributed by atoms with Crippen LogP contribution in [0.1, 0.15) is 24.8 Å². The van der Waals surface area contributed by atoms with Crippen LogP contribution in [-0.4, -0.2) is 14.3 Å². The lowest BCUT2D eigenvalue weighted by Crippen LogP contribution is -2.17. The molecule has 27 heavy (non-hydrogen) atoms. The summed E-state index contributed by atoms with van der Waals surface area (Å²) in [5.41, 5.74) is 1.47. The third-order valence-electron chi connectivity index (χ3n) is 4.42. The van der Waals surface area contributed by atoms with Crippen molar-refractivity contribution in [1.29, 1.82) is 0 Å². The van der Waals surface area contributed by atoms with Gasteiger partial charge in [0.2, 0.25) is 5.91 Å². The molecule has 0 aromatic heterocycles. The Kier molecular flexibility index (Phi) is 5.87. The van der Waals surface area contributed by atoms with Crippen LogP contribution in [0, 0.1) is 12.8 Å². The molecule has 0 bridgehead atoms. The Morgan fingerprint density at radius 2 is 1.85 bits per heavy atom. The number of aryl methyl sites for hydroxylation is 1. The lowest BCUT2D eigenvalue weighted by atomic mass is 10.1. The van der Waals surface area contributed by atoms with E-state index in [1.165, 1.54) is 6.07 Å². The molecule has 142 valence electrons. The molecule has 3 rings (SSSR count). The van der Waals surface area contributed by atoms with Crippen molar-refractivity contribution < 1.29 is 13.2 Å². The Labute approximate surface area is 164 Å². The van der Waals surface area contributed by atoms with E-state index in [-0.39, 0.29) is 16.7 Å². The minimum Gasteiger partial charge on any atom is -0.326 e. The second-order valence-electron chi connectivity index (χ2n) is 6.61. The number of carbonyl (C=O) groups excluding carboxylic acids is 1. The molecule has 2 N–H and O–H groups in total. The predicted molar refractivity (Wildman–Crippen MR) is 109 cm³/mol. The largest absolute Gasteiger partial charge is 0.326 e. The third kappa shape index (κ3) is 5.11. The maximum Gasteiger partial charge on any atom is 0.262 e. The normalized spacial score (nSPS) is 16.3. The van der Waals surface area contributed by atoms with Crippen molar-refractivity contribution in [2.45, 2.75) is 31.1 Å². The minimum absolute atomic E-state index is 0.121. The summed E-state index contributed by atoms with van der Waals surface area (Å²) in [5, 5.41) is 3.32. The molecule has 0 aliphatic heterocycles. The molecule has 0 saturated carbocycles. The van der Waals surface area contributed by atoms with Gasteiger partial charge in [0.1, 0.15) is 0 Å². The first-order chi connectivity index (χ1) is 12.8. The van der Waals surface area contributed by atoms with E-state index < -0.39 is 10.0 Å². The van der Waals surface area contributed by atoms with Crippen LogP contribution in [0.25, 0.3) is 0 Å². The van der Waals surface area contributed by atoms with Gasteiger partial charge in [-0.05, 0) is 67.6 Å². The Balaban J connectivity index is 1.76. The van der Waals surface area contributed by atoms with Crippen LogP contribution in [0.5, 0.6) is 0 Å². The molecule has 0 unspecified atom stereocenters. The van der Waals surface area contributed by atoms with Gasteiger partial charge in [-0.2, -0.15) is 0 Å². The Morgan fingerprint density at radius 1 is 1.15 bits per heavy atom. The van der Waals surface area contributed by atoms with Gasteiger partial charge in [0.05, 0.1) is 4.90 Å². The second kappa shape index (κ2) is 8.15. The average Bonchev–Trinajstić information content (AvgIpc) is 3.11. The predicted octanol–water partition coefficient (Wildman–Crippen LogP) is 4.74. The molecule has 0 heterocycles. The summed E-state index contributed by atoms with van der Waals surface area (Å²) in [6.45, 7) is 1.71. The molecule has 0 spiro atoms. The van der Waals surface area contributed by atoms with Crippen LogP contribution in [0.2, 0.25) is 5.02 Å². The number of hydrogen-bond acceptors (Lipinski definition) is 3. The zero-order chi connectivity index (χ0) is 19.4. The minimum atomic E-state index is -3.79. The quantitative estimate of drug-likeness (QED) is 0.682. The Bertz CT molecular complexity index is 969. The van der Waals surface area contributed by atoms with E-state index in [9.17, 15) is 13.2 Å². The summed E-state index contributed by atoms with van der Waals surface area (Å²) in [7, 11) is -3.79. The molecule has 0 saturated heterocycles. The van der Waals surface area contributed by atoms with Crippen LogP contribution in [-0.2, 0) is 14.8 Å². The van der Waals surface area contributed by atoms with Crippen LogP contribution in [0.3, 0.4) is 0 Å². The number of allylic oxidation sites excluding steroid dienone is 2. The maximum atomic E-state index is 12.8. The van der Waals surface area contributed by atoms with Gasteiger partial charge in [0.15, 0.2) is 0 Å². The molecule has 2 aromatic carbocycles. The lowest BCUT2D eigenvalue weighted by Gasteiger charge is -2.13. The SMILES string of the molecule is Cc1ccc(NC(=O)C[C@H]2C=CCC2)cc1S(=O)(=O)Nc1ccc(Cl)cc1. The van der Waals surface area contributed by atoms with Gasteiger partial charge in [-0.15, -0.1) is 0 Å². The van der Waals surface area contributed by atoms with E-state index >= 15 is 0 Å². The Hall–Kier alpha value is -2.31. The van der Waals surface area contributed by atoms with E-state index in [1.807, 2.05) is 0 Å². The Morgan fingerprint density at radius 3 is 2.52 bits per heavy atom. The lowest BCUT2D eigenvalue weighted by molar-refractivity contribution is -0.116. The number of amides is 1. The van der Waals surface area contributed by atoms with Crippen molar-refractivity contribution in [3.63, 3.8) is 0 Å². The molecule has 1 amide bonds. The van der Waals surface area contributed by atoms with Gasteiger partial charge >= 0.3 is 0 Å². The highest BCUT2D eigenvalue weighted by Crippen LogP contribution is 2.25. The summed E-state index contributed by atoms with van der Waals surface area (Å²) in [5.74, 6) is 0.134. The van der Waals surface area contributed by atoms with Crippen molar-refractivity contribution in [3.05, 3.63) is 65.2 Å². The number of sulfonamides is 1. The molecule has 5 nitrogen and oxygen atoms in total. The number of rotatable bonds is 6. The smallest absolute Gasteiger partial charge is 0.262 e. The molecular formula is C20H21ClN2O3S. The van der Waals surface area contributed by atoms with Crippen LogP contribution in [0.15, 0.2) is 59.5 Å². The van der Waals surface area contributed by atoms with Gasteiger partial charge in [-0.3, -0.25) is 9.52 Å². The highest BCUT2D eigenvalue weighted by molar-refractivity contribution is 7.92. The fourth-order valence-electron chi connectivity index (χ4n) is 3.01. The summed E-state index contributed by atoms with van der Waals surface area (Å²) in [6, 6.07) is 11.3. The van der Waals surface area contributed by atoms with Crippen LogP contribution in [0.4, 0.5) is 11.4 Å². The van der Waals surface area contributed by atoms with Crippen molar-refractivity contribution in [3.8, 4) is 0 Å². The van der Waals surface area contributed by atoms with E-state index in [0.29, 0.717) is 28.4 Å². The summed E-state index contributed by atoms with van der Waals surface area (Å²) in [4.78, 5) is 12.3. The summed E-state index contributed by atoms with van der Waals surface area (Å²) < 4.78 is 28.0. The van der Waals surface area contributed by atoms with E-state index in [4.69, 9.17) is 11.6 Å². The van der Waals surface area contributed by atoms with E-state index in [0.717, 1.165) is 12.8 Å². The van der Waals surface area contributed by atoms with Gasteiger partial charge < -0.3 is 5.32 Å². The van der Waals surface area contributed by atoms with Crippen molar-refractivity contribution in [2.24, 2.45) is 5.92 Å². The molecular weight excluding hydrogens is 384 g/mol. The maximum absolute atomic E-state index is 12.8. The molecule has 2 aromatic rings. The van der Waals surface area contributed by atoms with Gasteiger partial charge in [0, 0.05) is 22.8 Å². The van der Waals surface area contributed by atoms with E-state index in [2.05, 4.69) is 22.2 Å². The monoisotopic (exact) mass is 404 g/mol. The first kappa shape index (κ1) is 19.5. The molecule has 0 fully saturated rings. The molecule has 1 atom stereocenters. The number of hydrogen-bond donors (Lipinski definition) is 2. The van der Waals surface area contributed by atoms with E-state index in [1.54, 1.807) is 43.3 Å². The molecule has 1 aliphatic rings. The fraction of sp³-hybridized carbons (Fsp3) is 0.250. The summed E-state index contributed by atoms with van der Waals surface area (Å²) in [6.07, 6.45) is 6.51. The van der Waals surface area contributed by atoms with Gasteiger partial charge in [0.25, 0.3) is 10.0 Å². The highest BCUT2D eigenvalue weighted by atomic mass is 35.5. The van der Waals surface area contributed by atoms with Gasteiger partial charge in [-0.1, -0.05) is 29.8 Å². The summed E-state index contributed by atoms with van der Waals surface area (Å²) >= 11 is 5.83. The van der Waals surface area contributed by atoms with Crippen molar-refractivity contribution in [1.82, 2.24) is 0 Å². The topological polar surface area (TPSA) is 75.3 Å².